The number of nitrogens with zero attached hydrogens (tertiary/aromatic N) is 1. The van der Waals surface area contributed by atoms with Crippen LogP contribution in [0.1, 0.15) is 47.9 Å². The number of carbonyl (C=O) groups excluding carboxylic acids is 1. The monoisotopic (exact) mass is 369 g/mol. The van der Waals surface area contributed by atoms with E-state index in [-0.39, 0.29) is 11.9 Å². The third kappa shape index (κ3) is 3.03. The first-order valence-electron chi connectivity index (χ1n) is 9.25. The topological polar surface area (TPSA) is 49.8 Å². The minimum atomic E-state index is 0.0431. The lowest BCUT2D eigenvalue weighted by molar-refractivity contribution is -0.122. The molecule has 1 aliphatic rings. The second-order valence-corrected chi connectivity index (χ2v) is 7.62. The summed E-state index contributed by atoms with van der Waals surface area (Å²) < 4.78 is 2.19. The summed E-state index contributed by atoms with van der Waals surface area (Å²) in [7, 11) is 0. The molecule has 2 N–H and O–H groups in total. The molecular formula is C21H24ClN3O. The smallest absolute Gasteiger partial charge is 0.222 e. The van der Waals surface area contributed by atoms with Crippen LogP contribution in [0.25, 0.3) is 10.9 Å². The molecule has 1 aliphatic carbocycles. The second-order valence-electron chi connectivity index (χ2n) is 7.21. The predicted molar refractivity (Wildman–Crippen MR) is 106 cm³/mol. The summed E-state index contributed by atoms with van der Waals surface area (Å²) in [6, 6.07) is 10.2. The number of aryl methyl sites for hydroxylation is 3. The Kier molecular flexibility index (Phi) is 4.53. The summed E-state index contributed by atoms with van der Waals surface area (Å²) in [6.45, 7) is 4.87. The van der Waals surface area contributed by atoms with Crippen LogP contribution in [0.15, 0.2) is 30.3 Å². The second kappa shape index (κ2) is 6.84. The van der Waals surface area contributed by atoms with Gasteiger partial charge in [-0.2, -0.15) is 0 Å². The fourth-order valence-corrected chi connectivity index (χ4v) is 4.35. The van der Waals surface area contributed by atoms with Crippen LogP contribution in [0.5, 0.6) is 0 Å². The number of para-hydroxylation sites is 1. The van der Waals surface area contributed by atoms with Gasteiger partial charge in [-0.3, -0.25) is 4.79 Å². The van der Waals surface area contributed by atoms with E-state index in [0.717, 1.165) is 35.5 Å². The van der Waals surface area contributed by atoms with E-state index in [2.05, 4.69) is 46.9 Å². The largest absolute Gasteiger partial charge is 0.355 e. The van der Waals surface area contributed by atoms with Gasteiger partial charge in [0.1, 0.15) is 0 Å². The van der Waals surface area contributed by atoms with Gasteiger partial charge >= 0.3 is 0 Å². The summed E-state index contributed by atoms with van der Waals surface area (Å²) in [5, 5.41) is 5.15. The lowest BCUT2D eigenvalue weighted by atomic mass is 9.91. The number of amides is 1. The molecule has 26 heavy (non-hydrogen) atoms. The molecule has 0 aliphatic heterocycles. The maximum atomic E-state index is 12.6. The minimum Gasteiger partial charge on any atom is -0.355 e. The molecule has 1 aromatic carbocycles. The van der Waals surface area contributed by atoms with Crippen molar-refractivity contribution in [3.05, 3.63) is 58.0 Å². The van der Waals surface area contributed by atoms with E-state index in [9.17, 15) is 4.79 Å². The average Bonchev–Trinajstić information content (AvgIpc) is 3.16. The van der Waals surface area contributed by atoms with Crippen LogP contribution >= 0.6 is 11.6 Å². The van der Waals surface area contributed by atoms with Gasteiger partial charge in [0, 0.05) is 35.4 Å². The number of hydrogen-bond donors (Lipinski definition) is 2. The Morgan fingerprint density at radius 3 is 2.81 bits per heavy atom. The molecule has 3 aromatic rings. The van der Waals surface area contributed by atoms with Crippen molar-refractivity contribution in [2.75, 3.05) is 0 Å². The molecule has 0 unspecified atom stereocenters. The number of carbonyl (C=O) groups is 1. The summed E-state index contributed by atoms with van der Waals surface area (Å²) in [6.07, 6.45) is 3.56. The molecular weight excluding hydrogens is 346 g/mol. The van der Waals surface area contributed by atoms with Crippen molar-refractivity contribution in [2.45, 2.75) is 52.1 Å². The molecule has 0 bridgehead atoms. The molecule has 136 valence electrons. The maximum Gasteiger partial charge on any atom is 0.222 e. The molecule has 1 amide bonds. The van der Waals surface area contributed by atoms with Crippen LogP contribution in [-0.4, -0.2) is 15.5 Å². The Morgan fingerprint density at radius 1 is 1.27 bits per heavy atom. The van der Waals surface area contributed by atoms with Gasteiger partial charge in [0.15, 0.2) is 0 Å². The SMILES string of the molecule is Cc1ccc(C)n1CCC(=O)N[C@H]1CCCc2c1[nH]c1c(Cl)cccc21. The molecule has 4 rings (SSSR count). The van der Waals surface area contributed by atoms with Gasteiger partial charge < -0.3 is 14.9 Å². The third-order valence-electron chi connectivity index (χ3n) is 5.51. The van der Waals surface area contributed by atoms with E-state index in [1.165, 1.54) is 22.3 Å². The van der Waals surface area contributed by atoms with Crippen LogP contribution in [0.3, 0.4) is 0 Å². The molecule has 5 heteroatoms. The van der Waals surface area contributed by atoms with Crippen molar-refractivity contribution >= 4 is 28.4 Å². The lowest BCUT2D eigenvalue weighted by Crippen LogP contribution is -2.31. The molecule has 2 aromatic heterocycles. The number of fused-ring (bicyclic) bond motifs is 3. The van der Waals surface area contributed by atoms with Gasteiger partial charge in [-0.25, -0.2) is 0 Å². The highest BCUT2D eigenvalue weighted by atomic mass is 35.5. The molecule has 0 fully saturated rings. The van der Waals surface area contributed by atoms with Crippen LogP contribution in [0.2, 0.25) is 5.02 Å². The average molecular weight is 370 g/mol. The van der Waals surface area contributed by atoms with Gasteiger partial charge in [0.25, 0.3) is 0 Å². The number of nitrogens with one attached hydrogen (secondary N) is 2. The standard InChI is InChI=1S/C21H24ClN3O/c1-13-9-10-14(2)25(13)12-11-19(26)23-18-8-4-6-16-15-5-3-7-17(22)20(15)24-21(16)18/h3,5,7,9-10,18,24H,4,6,8,11-12H2,1-2H3,(H,23,26)/t18-/m0/s1. The van der Waals surface area contributed by atoms with Crippen molar-refractivity contribution in [2.24, 2.45) is 0 Å². The number of aromatic amines is 1. The van der Waals surface area contributed by atoms with E-state index < -0.39 is 0 Å². The van der Waals surface area contributed by atoms with Crippen LogP contribution in [0, 0.1) is 13.8 Å². The van der Waals surface area contributed by atoms with E-state index in [0.29, 0.717) is 13.0 Å². The Labute approximate surface area is 158 Å². The lowest BCUT2D eigenvalue weighted by Gasteiger charge is -2.24. The quantitative estimate of drug-likeness (QED) is 0.680. The Balaban J connectivity index is 1.50. The van der Waals surface area contributed by atoms with Crippen molar-refractivity contribution in [3.8, 4) is 0 Å². The highest BCUT2D eigenvalue weighted by Crippen LogP contribution is 2.36. The van der Waals surface area contributed by atoms with E-state index in [1.54, 1.807) is 0 Å². The number of halogens is 1. The first kappa shape index (κ1) is 17.2. The van der Waals surface area contributed by atoms with Crippen LogP contribution in [0.4, 0.5) is 0 Å². The molecule has 0 saturated carbocycles. The number of benzene rings is 1. The van der Waals surface area contributed by atoms with Gasteiger partial charge in [-0.05, 0) is 56.9 Å². The number of aromatic nitrogens is 2. The first-order chi connectivity index (χ1) is 12.5. The van der Waals surface area contributed by atoms with Crippen molar-refractivity contribution < 1.29 is 4.79 Å². The zero-order valence-corrected chi connectivity index (χ0v) is 16.0. The van der Waals surface area contributed by atoms with E-state index in [1.807, 2.05) is 12.1 Å². The fourth-order valence-electron chi connectivity index (χ4n) is 4.13. The van der Waals surface area contributed by atoms with Crippen LogP contribution in [-0.2, 0) is 17.8 Å². The van der Waals surface area contributed by atoms with E-state index in [4.69, 9.17) is 11.6 Å². The summed E-state index contributed by atoms with van der Waals surface area (Å²) in [5.74, 6) is 0.0973. The Morgan fingerprint density at radius 2 is 2.04 bits per heavy atom. The number of hydrogen-bond acceptors (Lipinski definition) is 1. The van der Waals surface area contributed by atoms with Gasteiger partial charge in [-0.1, -0.05) is 23.7 Å². The predicted octanol–water partition coefficient (Wildman–Crippen LogP) is 4.82. The normalized spacial score (nSPS) is 16.7. The molecule has 0 spiro atoms. The molecule has 1 atom stereocenters. The van der Waals surface area contributed by atoms with Crippen LogP contribution < -0.4 is 5.32 Å². The summed E-state index contributed by atoms with van der Waals surface area (Å²) in [4.78, 5) is 16.0. The number of H-pyrrole nitrogens is 1. The minimum absolute atomic E-state index is 0.0431. The highest BCUT2D eigenvalue weighted by molar-refractivity contribution is 6.35. The molecule has 0 radical (unpaired) electrons. The fraction of sp³-hybridized carbons (Fsp3) is 0.381. The van der Waals surface area contributed by atoms with Crippen molar-refractivity contribution in [3.63, 3.8) is 0 Å². The van der Waals surface area contributed by atoms with Crippen molar-refractivity contribution in [1.29, 1.82) is 0 Å². The zero-order valence-electron chi connectivity index (χ0n) is 15.2. The Bertz CT molecular complexity index is 950. The first-order valence-corrected chi connectivity index (χ1v) is 9.63. The highest BCUT2D eigenvalue weighted by Gasteiger charge is 2.26. The summed E-state index contributed by atoms with van der Waals surface area (Å²) in [5.41, 5.74) is 5.80. The zero-order chi connectivity index (χ0) is 18.3. The van der Waals surface area contributed by atoms with Crippen molar-refractivity contribution in [1.82, 2.24) is 14.9 Å². The molecule has 2 heterocycles. The van der Waals surface area contributed by atoms with Gasteiger partial charge in [-0.15, -0.1) is 0 Å². The third-order valence-corrected chi connectivity index (χ3v) is 5.82. The van der Waals surface area contributed by atoms with Gasteiger partial charge in [0.2, 0.25) is 5.91 Å². The molecule has 0 saturated heterocycles. The molecule has 4 nitrogen and oxygen atoms in total. The summed E-state index contributed by atoms with van der Waals surface area (Å²) >= 11 is 6.35. The van der Waals surface area contributed by atoms with E-state index >= 15 is 0 Å². The Hall–Kier alpha value is -2.20. The van der Waals surface area contributed by atoms with Gasteiger partial charge in [0.05, 0.1) is 16.6 Å². The maximum absolute atomic E-state index is 12.6. The number of rotatable bonds is 4.